The van der Waals surface area contributed by atoms with E-state index < -0.39 is 12.1 Å². The van der Waals surface area contributed by atoms with Crippen LogP contribution >= 0.6 is 11.6 Å². The number of halogens is 1. The van der Waals surface area contributed by atoms with Gasteiger partial charge in [0.15, 0.2) is 11.9 Å². The molecule has 0 saturated carbocycles. The fourth-order valence-electron chi connectivity index (χ4n) is 4.40. The summed E-state index contributed by atoms with van der Waals surface area (Å²) >= 11 is 6.48. The highest BCUT2D eigenvalue weighted by Gasteiger charge is 2.26. The first-order valence-corrected chi connectivity index (χ1v) is 11.9. The number of carbonyl (C=O) groups is 1. The van der Waals surface area contributed by atoms with Crippen LogP contribution in [0.4, 0.5) is 0 Å². The molecule has 1 aliphatic rings. The first-order valence-electron chi connectivity index (χ1n) is 11.5. The van der Waals surface area contributed by atoms with Crippen LogP contribution in [0.2, 0.25) is 5.02 Å². The number of benzene rings is 3. The number of ether oxygens (including phenoxy) is 3. The van der Waals surface area contributed by atoms with Gasteiger partial charge in [-0.05, 0) is 60.5 Å². The summed E-state index contributed by atoms with van der Waals surface area (Å²) in [4.78, 5) is 11.4. The van der Waals surface area contributed by atoms with Crippen LogP contribution in [0.5, 0.6) is 5.75 Å². The lowest BCUT2D eigenvalue weighted by Crippen LogP contribution is -2.12. The van der Waals surface area contributed by atoms with Crippen molar-refractivity contribution in [1.29, 1.82) is 0 Å². The highest BCUT2D eigenvalue weighted by atomic mass is 35.5. The van der Waals surface area contributed by atoms with Gasteiger partial charge in [0, 0.05) is 34.2 Å². The zero-order chi connectivity index (χ0) is 25.1. The maximum atomic E-state index is 11.4. The molecule has 1 aliphatic heterocycles. The van der Waals surface area contributed by atoms with Gasteiger partial charge in [0.1, 0.15) is 12.0 Å². The number of rotatable bonds is 9. The molecule has 3 N–H and O–H groups in total. The second kappa shape index (κ2) is 10.4. The van der Waals surface area contributed by atoms with Crippen LogP contribution in [0, 0.1) is 0 Å². The van der Waals surface area contributed by atoms with Crippen molar-refractivity contribution in [2.24, 2.45) is 5.73 Å². The van der Waals surface area contributed by atoms with Crippen LogP contribution in [-0.4, -0.2) is 29.0 Å². The van der Waals surface area contributed by atoms with E-state index >= 15 is 0 Å². The van der Waals surface area contributed by atoms with Crippen molar-refractivity contribution in [2.45, 2.75) is 19.1 Å². The number of aromatic carboxylic acids is 1. The van der Waals surface area contributed by atoms with Crippen LogP contribution in [0.25, 0.3) is 10.9 Å². The van der Waals surface area contributed by atoms with Gasteiger partial charge >= 0.3 is 5.97 Å². The second-order valence-electron chi connectivity index (χ2n) is 8.47. The summed E-state index contributed by atoms with van der Waals surface area (Å²) in [6.45, 7) is 1.16. The molecule has 2 heterocycles. The fourth-order valence-corrected chi connectivity index (χ4v) is 4.63. The molecule has 1 atom stereocenters. The van der Waals surface area contributed by atoms with Crippen molar-refractivity contribution in [3.8, 4) is 5.75 Å². The Bertz CT molecular complexity index is 1450. The van der Waals surface area contributed by atoms with Crippen LogP contribution < -0.4 is 10.5 Å². The summed E-state index contributed by atoms with van der Waals surface area (Å²) in [6.07, 6.45) is 3.74. The van der Waals surface area contributed by atoms with Crippen molar-refractivity contribution in [3.05, 3.63) is 112 Å². The zero-order valence-electron chi connectivity index (χ0n) is 19.4. The van der Waals surface area contributed by atoms with Gasteiger partial charge in [-0.1, -0.05) is 41.9 Å². The highest BCUT2D eigenvalue weighted by molar-refractivity contribution is 6.31. The summed E-state index contributed by atoms with van der Waals surface area (Å²) in [5.41, 5.74) is 9.92. The number of carboxylic acid groups (broad SMARTS) is 1. The molecule has 8 heteroatoms. The standard InChI is InChI=1S/C28H25ClN2O5/c29-24-7-2-1-6-22(24)27(26-16-34-17-35-26)36-21-8-9-25-23(13-21)20(10-11-30)15-31(25)14-18-4-3-5-19(12-18)28(32)33/h1-9,12-13,15-16,27H,10-11,14,17,30H2,(H,32,33). The van der Waals surface area contributed by atoms with Crippen molar-refractivity contribution in [1.82, 2.24) is 4.57 Å². The molecule has 0 fully saturated rings. The molecule has 0 saturated heterocycles. The van der Waals surface area contributed by atoms with Crippen LogP contribution in [0.15, 0.2) is 84.9 Å². The number of carboxylic acids is 1. The third kappa shape index (κ3) is 4.89. The summed E-state index contributed by atoms with van der Waals surface area (Å²) in [5, 5.41) is 10.9. The third-order valence-electron chi connectivity index (χ3n) is 6.07. The molecule has 7 nitrogen and oxygen atoms in total. The van der Waals surface area contributed by atoms with E-state index in [1.807, 2.05) is 48.5 Å². The molecule has 3 aromatic carbocycles. The average molecular weight is 505 g/mol. The van der Waals surface area contributed by atoms with E-state index in [4.69, 9.17) is 31.5 Å². The Morgan fingerprint density at radius 2 is 2.00 bits per heavy atom. The van der Waals surface area contributed by atoms with E-state index in [0.717, 1.165) is 27.6 Å². The van der Waals surface area contributed by atoms with Crippen molar-refractivity contribution in [3.63, 3.8) is 0 Å². The molecule has 0 amide bonds. The molecule has 5 rings (SSSR count). The maximum absolute atomic E-state index is 11.4. The normalized spacial score (nSPS) is 13.7. The van der Waals surface area contributed by atoms with Gasteiger partial charge in [-0.15, -0.1) is 0 Å². The smallest absolute Gasteiger partial charge is 0.335 e. The van der Waals surface area contributed by atoms with E-state index in [-0.39, 0.29) is 12.4 Å². The lowest BCUT2D eigenvalue weighted by Gasteiger charge is -2.20. The molecule has 0 aliphatic carbocycles. The lowest BCUT2D eigenvalue weighted by atomic mass is 10.1. The van der Waals surface area contributed by atoms with E-state index in [1.165, 1.54) is 0 Å². The van der Waals surface area contributed by atoms with Gasteiger partial charge in [-0.2, -0.15) is 0 Å². The van der Waals surface area contributed by atoms with Gasteiger partial charge in [0.2, 0.25) is 6.79 Å². The van der Waals surface area contributed by atoms with E-state index in [2.05, 4.69) is 10.8 Å². The molecule has 0 spiro atoms. The first kappa shape index (κ1) is 23.8. The van der Waals surface area contributed by atoms with Gasteiger partial charge in [0.25, 0.3) is 0 Å². The maximum Gasteiger partial charge on any atom is 0.335 e. The Kier molecular flexibility index (Phi) is 6.84. The largest absolute Gasteiger partial charge is 0.478 e. The molecule has 184 valence electrons. The predicted octanol–water partition coefficient (Wildman–Crippen LogP) is 5.51. The molecule has 1 unspecified atom stereocenters. The van der Waals surface area contributed by atoms with Crippen LogP contribution in [0.3, 0.4) is 0 Å². The second-order valence-corrected chi connectivity index (χ2v) is 8.88. The van der Waals surface area contributed by atoms with Gasteiger partial charge in [-0.3, -0.25) is 0 Å². The zero-order valence-corrected chi connectivity index (χ0v) is 20.1. The number of hydrogen-bond acceptors (Lipinski definition) is 5. The number of nitrogens with zero attached hydrogens (tertiary/aromatic N) is 1. The predicted molar refractivity (Wildman–Crippen MR) is 137 cm³/mol. The molecule has 4 aromatic rings. The van der Waals surface area contributed by atoms with E-state index in [9.17, 15) is 9.90 Å². The van der Waals surface area contributed by atoms with Gasteiger partial charge in [0.05, 0.1) is 5.56 Å². The minimum Gasteiger partial charge on any atom is -0.478 e. The Hall–Kier alpha value is -3.94. The topological polar surface area (TPSA) is 95.9 Å². The minimum atomic E-state index is -0.945. The van der Waals surface area contributed by atoms with Crippen LogP contribution in [0.1, 0.15) is 33.2 Å². The summed E-state index contributed by atoms with van der Waals surface area (Å²) < 4.78 is 19.4. The number of fused-ring (bicyclic) bond motifs is 1. The Morgan fingerprint density at radius 1 is 1.14 bits per heavy atom. The van der Waals surface area contributed by atoms with Gasteiger partial charge < -0.3 is 29.6 Å². The van der Waals surface area contributed by atoms with Crippen molar-refractivity contribution >= 4 is 28.5 Å². The number of nitrogens with two attached hydrogens (primary N) is 1. The average Bonchev–Trinajstić information content (AvgIpc) is 3.52. The monoisotopic (exact) mass is 504 g/mol. The Balaban J connectivity index is 1.50. The Morgan fingerprint density at radius 3 is 2.75 bits per heavy atom. The summed E-state index contributed by atoms with van der Waals surface area (Å²) in [7, 11) is 0. The molecule has 0 radical (unpaired) electrons. The number of hydrogen-bond donors (Lipinski definition) is 2. The summed E-state index contributed by atoms with van der Waals surface area (Å²) in [6, 6.07) is 20.3. The van der Waals surface area contributed by atoms with Crippen molar-refractivity contribution < 1.29 is 24.1 Å². The molecular formula is C28H25ClN2O5. The van der Waals surface area contributed by atoms with Crippen molar-refractivity contribution in [2.75, 3.05) is 13.3 Å². The third-order valence-corrected chi connectivity index (χ3v) is 6.41. The first-order chi connectivity index (χ1) is 17.5. The van der Waals surface area contributed by atoms with Gasteiger partial charge in [-0.25, -0.2) is 4.79 Å². The lowest BCUT2D eigenvalue weighted by molar-refractivity contribution is 0.0555. The quantitative estimate of drug-likeness (QED) is 0.312. The molecule has 1 aromatic heterocycles. The molecule has 36 heavy (non-hydrogen) atoms. The van der Waals surface area contributed by atoms with E-state index in [0.29, 0.717) is 36.0 Å². The fraction of sp³-hybridized carbons (Fsp3) is 0.179. The minimum absolute atomic E-state index is 0.130. The number of aromatic nitrogens is 1. The summed E-state index contributed by atoms with van der Waals surface area (Å²) in [5.74, 6) is 0.244. The highest BCUT2D eigenvalue weighted by Crippen LogP contribution is 2.36. The molecular weight excluding hydrogens is 480 g/mol. The Labute approximate surface area is 213 Å². The SMILES string of the molecule is NCCc1cn(Cc2cccc(C(=O)O)c2)c2ccc(OC(C3=COCO3)c3ccccc3Cl)cc12. The van der Waals surface area contributed by atoms with E-state index in [1.54, 1.807) is 24.5 Å². The molecule has 0 bridgehead atoms. The van der Waals surface area contributed by atoms with Crippen LogP contribution in [-0.2, 0) is 22.4 Å².